The predicted molar refractivity (Wildman–Crippen MR) is 173 cm³/mol. The third-order valence-corrected chi connectivity index (χ3v) is 9.90. The van der Waals surface area contributed by atoms with Crippen LogP contribution in [0.2, 0.25) is 0 Å². The second-order valence-electron chi connectivity index (χ2n) is 12.5. The summed E-state index contributed by atoms with van der Waals surface area (Å²) in [6, 6.07) is 11.6. The second-order valence-corrected chi connectivity index (χ2v) is 14.3. The highest BCUT2D eigenvalue weighted by Crippen LogP contribution is 2.37. The van der Waals surface area contributed by atoms with E-state index < -0.39 is 27.7 Å². The van der Waals surface area contributed by atoms with Gasteiger partial charge in [0.05, 0.1) is 25.2 Å². The lowest BCUT2D eigenvalue weighted by Gasteiger charge is -2.52. The number of ether oxygens (including phenoxy) is 3. The number of rotatable bonds is 12. The van der Waals surface area contributed by atoms with Crippen LogP contribution in [-0.2, 0) is 30.9 Å². The van der Waals surface area contributed by atoms with Crippen LogP contribution in [0.15, 0.2) is 42.5 Å². The molecule has 2 aromatic carbocycles. The van der Waals surface area contributed by atoms with Crippen LogP contribution in [0.4, 0.5) is 5.69 Å². The Kier molecular flexibility index (Phi) is 10.8. The number of benzene rings is 2. The molecule has 1 spiro atoms. The molecule has 3 heterocycles. The number of methoxy groups -OCH3 is 1. The van der Waals surface area contributed by atoms with Crippen molar-refractivity contribution in [2.45, 2.75) is 69.7 Å². The van der Waals surface area contributed by atoms with Crippen molar-refractivity contribution in [2.75, 3.05) is 50.9 Å². The molecule has 13 heteroatoms. The van der Waals surface area contributed by atoms with Crippen LogP contribution in [0.5, 0.6) is 17.2 Å². The van der Waals surface area contributed by atoms with Crippen LogP contribution in [0.1, 0.15) is 51.0 Å². The van der Waals surface area contributed by atoms with E-state index in [2.05, 4.69) is 21.9 Å². The van der Waals surface area contributed by atoms with Crippen LogP contribution in [-0.4, -0.2) is 99.0 Å². The highest BCUT2D eigenvalue weighted by atomic mass is 32.2. The first-order chi connectivity index (χ1) is 22.0. The number of piperazine rings is 1. The van der Waals surface area contributed by atoms with E-state index in [0.717, 1.165) is 24.7 Å². The van der Waals surface area contributed by atoms with E-state index in [4.69, 9.17) is 14.2 Å². The second kappa shape index (κ2) is 14.6. The number of anilines is 1. The molecule has 46 heavy (non-hydrogen) atoms. The fraction of sp³-hybridized carbons (Fsp3) is 0.576. The molecule has 252 valence electrons. The van der Waals surface area contributed by atoms with Gasteiger partial charge in [-0.2, -0.15) is 0 Å². The maximum absolute atomic E-state index is 13.8. The molecule has 5 rings (SSSR count). The Balaban J connectivity index is 1.20. The molecular formula is C33H46N4O8S. The minimum absolute atomic E-state index is 0.0736. The Hall–Kier alpha value is -3.39. The number of nitrogens with zero attached hydrogens (tertiary/aromatic N) is 2. The van der Waals surface area contributed by atoms with Crippen molar-refractivity contribution >= 4 is 27.5 Å². The summed E-state index contributed by atoms with van der Waals surface area (Å²) in [5, 5.41) is 14.1. The predicted octanol–water partition coefficient (Wildman–Crippen LogP) is 3.11. The SMILES string of the molecule is CCCCN1C(=O)[C@@H]([C@H](O)C2CCOCC2)NC(=O)C12CCN(Cc1ccc(Oc3ccc(NS(C)(=O)=O)cc3OC)cc1)CC2. The summed E-state index contributed by atoms with van der Waals surface area (Å²) in [6.45, 7) is 5.67. The minimum atomic E-state index is -3.42. The zero-order valence-electron chi connectivity index (χ0n) is 26.9. The highest BCUT2D eigenvalue weighted by molar-refractivity contribution is 7.92. The van der Waals surface area contributed by atoms with Crippen molar-refractivity contribution in [3.05, 3.63) is 48.0 Å². The quantitative estimate of drug-likeness (QED) is 0.313. The van der Waals surface area contributed by atoms with Crippen LogP contribution < -0.4 is 19.5 Å². The van der Waals surface area contributed by atoms with Crippen LogP contribution >= 0.6 is 0 Å². The molecule has 0 aromatic heterocycles. The number of hydrogen-bond acceptors (Lipinski definition) is 9. The Bertz CT molecular complexity index is 1470. The van der Waals surface area contributed by atoms with Crippen molar-refractivity contribution in [1.82, 2.24) is 15.1 Å². The van der Waals surface area contributed by atoms with Crippen LogP contribution in [0.3, 0.4) is 0 Å². The van der Waals surface area contributed by atoms with Gasteiger partial charge in [0.2, 0.25) is 21.8 Å². The molecule has 0 radical (unpaired) electrons. The highest BCUT2D eigenvalue weighted by Gasteiger charge is 2.55. The number of amides is 2. The van der Waals surface area contributed by atoms with Crippen LogP contribution in [0, 0.1) is 5.92 Å². The molecular weight excluding hydrogens is 612 g/mol. The van der Waals surface area contributed by atoms with Gasteiger partial charge in [0, 0.05) is 45.5 Å². The largest absolute Gasteiger partial charge is 0.493 e. The number of carbonyl (C=O) groups is 2. The van der Waals surface area contributed by atoms with Crippen molar-refractivity contribution < 1.29 is 37.3 Å². The fourth-order valence-electron chi connectivity index (χ4n) is 6.70. The molecule has 0 bridgehead atoms. The van der Waals surface area contributed by atoms with Gasteiger partial charge in [-0.15, -0.1) is 0 Å². The number of piperidine rings is 1. The van der Waals surface area contributed by atoms with Gasteiger partial charge in [-0.3, -0.25) is 19.2 Å². The van der Waals surface area contributed by atoms with Gasteiger partial charge in [-0.05, 0) is 67.9 Å². The van der Waals surface area contributed by atoms with Gasteiger partial charge in [0.1, 0.15) is 17.3 Å². The molecule has 3 saturated heterocycles. The first kappa shape index (κ1) is 34.0. The zero-order valence-corrected chi connectivity index (χ0v) is 27.7. The van der Waals surface area contributed by atoms with E-state index >= 15 is 0 Å². The average molecular weight is 659 g/mol. The van der Waals surface area contributed by atoms with Crippen molar-refractivity contribution in [2.24, 2.45) is 5.92 Å². The van der Waals surface area contributed by atoms with E-state index in [1.54, 1.807) is 23.1 Å². The maximum atomic E-state index is 13.8. The summed E-state index contributed by atoms with van der Waals surface area (Å²) >= 11 is 0. The zero-order chi connectivity index (χ0) is 32.9. The van der Waals surface area contributed by atoms with E-state index in [-0.39, 0.29) is 17.7 Å². The smallest absolute Gasteiger partial charge is 0.248 e. The number of nitrogens with one attached hydrogen (secondary N) is 2. The van der Waals surface area contributed by atoms with Crippen molar-refractivity contribution in [3.8, 4) is 17.2 Å². The summed E-state index contributed by atoms with van der Waals surface area (Å²) in [5.74, 6) is 1.04. The molecule has 3 aliphatic rings. The molecule has 12 nitrogen and oxygen atoms in total. The number of aliphatic hydroxyl groups is 1. The molecule has 2 atom stereocenters. The number of sulfonamides is 1. The fourth-order valence-corrected chi connectivity index (χ4v) is 7.25. The normalized spacial score (nSPS) is 21.6. The lowest BCUT2D eigenvalue weighted by Crippen LogP contribution is -2.75. The van der Waals surface area contributed by atoms with E-state index in [0.29, 0.717) is 88.0 Å². The molecule has 0 saturated carbocycles. The summed E-state index contributed by atoms with van der Waals surface area (Å²) in [6.07, 6.45) is 4.26. The topological polar surface area (TPSA) is 147 Å². The first-order valence-corrected chi connectivity index (χ1v) is 18.0. The lowest BCUT2D eigenvalue weighted by atomic mass is 9.79. The summed E-state index contributed by atoms with van der Waals surface area (Å²) < 4.78 is 42.4. The Labute approximate surface area is 271 Å². The third kappa shape index (κ3) is 7.76. The summed E-state index contributed by atoms with van der Waals surface area (Å²) in [5.41, 5.74) is 0.550. The van der Waals surface area contributed by atoms with Gasteiger partial charge >= 0.3 is 0 Å². The molecule has 3 N–H and O–H groups in total. The van der Waals surface area contributed by atoms with Crippen molar-refractivity contribution in [1.29, 1.82) is 0 Å². The Morgan fingerprint density at radius 2 is 1.78 bits per heavy atom. The number of aliphatic hydroxyl groups excluding tert-OH is 1. The minimum Gasteiger partial charge on any atom is -0.493 e. The monoisotopic (exact) mass is 658 g/mol. The third-order valence-electron chi connectivity index (χ3n) is 9.29. The molecule has 3 fully saturated rings. The molecule has 2 amide bonds. The van der Waals surface area contributed by atoms with Crippen LogP contribution in [0.25, 0.3) is 0 Å². The number of unbranched alkanes of at least 4 members (excludes halogenated alkanes) is 1. The summed E-state index contributed by atoms with van der Waals surface area (Å²) in [7, 11) is -1.93. The first-order valence-electron chi connectivity index (χ1n) is 16.1. The number of carbonyl (C=O) groups excluding carboxylic acids is 2. The molecule has 0 aliphatic carbocycles. The van der Waals surface area contributed by atoms with Gasteiger partial charge < -0.3 is 29.5 Å². The lowest BCUT2D eigenvalue weighted by molar-refractivity contribution is -0.166. The van der Waals surface area contributed by atoms with Gasteiger partial charge in [-0.25, -0.2) is 8.42 Å². The van der Waals surface area contributed by atoms with E-state index in [1.807, 2.05) is 24.3 Å². The van der Waals surface area contributed by atoms with Crippen molar-refractivity contribution in [3.63, 3.8) is 0 Å². The average Bonchev–Trinajstić information content (AvgIpc) is 3.04. The van der Waals surface area contributed by atoms with Gasteiger partial charge in [0.25, 0.3) is 0 Å². The van der Waals surface area contributed by atoms with E-state index in [9.17, 15) is 23.1 Å². The number of likely N-dealkylation sites (tertiary alicyclic amines) is 1. The summed E-state index contributed by atoms with van der Waals surface area (Å²) in [4.78, 5) is 31.7. The Morgan fingerprint density at radius 3 is 2.41 bits per heavy atom. The van der Waals surface area contributed by atoms with Gasteiger partial charge in [-0.1, -0.05) is 25.5 Å². The standard InChI is InChI=1S/C33H46N4O8S/c1-4-5-16-37-31(39)29(30(38)24-12-19-44-20-13-24)34-32(40)33(37)14-17-36(18-15-33)22-23-6-9-26(10-7-23)45-27-11-8-25(21-28(27)43-2)35-46(3,41)42/h6-11,21,24,29-30,35,38H,4-5,12-20,22H2,1-3H3,(H,34,40)/t29-,30-/m1/s1. The number of hydrogen-bond donors (Lipinski definition) is 3. The molecule has 0 unspecified atom stereocenters. The Morgan fingerprint density at radius 1 is 1.09 bits per heavy atom. The molecule has 3 aliphatic heterocycles. The molecule has 2 aromatic rings. The maximum Gasteiger partial charge on any atom is 0.248 e. The van der Waals surface area contributed by atoms with Gasteiger partial charge in [0.15, 0.2) is 11.5 Å². The van der Waals surface area contributed by atoms with E-state index in [1.165, 1.54) is 7.11 Å².